The number of carbonyl (C=O) groups excluding carboxylic acids is 2. The van der Waals surface area contributed by atoms with Crippen LogP contribution in [0.3, 0.4) is 0 Å². The van der Waals surface area contributed by atoms with Crippen molar-refractivity contribution in [3.63, 3.8) is 0 Å². The molecule has 1 N–H and O–H groups in total. The average Bonchev–Trinajstić information content (AvgIpc) is 3.39. The van der Waals surface area contributed by atoms with Gasteiger partial charge >= 0.3 is 0 Å². The van der Waals surface area contributed by atoms with Gasteiger partial charge in [0.2, 0.25) is 0 Å². The van der Waals surface area contributed by atoms with Gasteiger partial charge in [0.25, 0.3) is 11.7 Å². The molecule has 1 atom stereocenters. The fraction of sp³-hybridized carbons (Fsp3) is 0.433. The van der Waals surface area contributed by atoms with Gasteiger partial charge in [-0.1, -0.05) is 31.9 Å². The Morgan fingerprint density at radius 3 is 2.56 bits per heavy atom. The molecule has 0 saturated carbocycles. The molecule has 3 aromatic rings. The summed E-state index contributed by atoms with van der Waals surface area (Å²) in [6.45, 7) is 7.32. The van der Waals surface area contributed by atoms with Crippen LogP contribution in [0.5, 0.6) is 11.5 Å². The number of likely N-dealkylation sites (tertiary alicyclic amines) is 1. The lowest BCUT2D eigenvalue weighted by Gasteiger charge is -2.27. The van der Waals surface area contributed by atoms with Gasteiger partial charge in [-0.15, -0.1) is 0 Å². The quantitative estimate of drug-likeness (QED) is 0.167. The van der Waals surface area contributed by atoms with E-state index in [2.05, 4.69) is 11.9 Å². The third-order valence-corrected chi connectivity index (χ3v) is 7.15. The predicted molar refractivity (Wildman–Crippen MR) is 150 cm³/mol. The maximum absolute atomic E-state index is 13.5. The molecule has 1 fully saturated rings. The number of aryl methyl sites for hydroxylation is 2. The molecule has 1 aromatic carbocycles. The van der Waals surface area contributed by atoms with Crippen molar-refractivity contribution in [2.24, 2.45) is 0 Å². The van der Waals surface area contributed by atoms with Crippen molar-refractivity contribution in [3.05, 3.63) is 64.6 Å². The lowest BCUT2D eigenvalue weighted by atomic mass is 9.96. The second kappa shape index (κ2) is 11.9. The Kier molecular flexibility index (Phi) is 8.60. The SMILES string of the molecule is CCCCCOc1ccc(C2/C(=C(\O)c3nc4c(C)cccn4c3C)C(=O)C(=O)N2CCN(C)C)cc1OC. The first-order valence-electron chi connectivity index (χ1n) is 13.4. The average molecular weight is 535 g/mol. The summed E-state index contributed by atoms with van der Waals surface area (Å²) in [5.41, 5.74) is 3.23. The Bertz CT molecular complexity index is 1410. The number of aliphatic hydroxyl groups is 1. The monoisotopic (exact) mass is 534 g/mol. The Morgan fingerprint density at radius 2 is 1.90 bits per heavy atom. The van der Waals surface area contributed by atoms with E-state index >= 15 is 0 Å². The van der Waals surface area contributed by atoms with Crippen molar-refractivity contribution in [1.29, 1.82) is 0 Å². The standard InChI is InChI=1S/C30H38N4O5/c1-7-8-9-17-39-22-13-12-21(18-23(22)38-6)26-24(28(36)30(37)34(26)16-15-32(4)5)27(35)25-20(3)33-14-10-11-19(2)29(33)31-25/h10-14,18,26,35H,7-9,15-17H2,1-6H3/b27-24+. The fourth-order valence-corrected chi connectivity index (χ4v) is 4.95. The molecule has 0 radical (unpaired) electrons. The predicted octanol–water partition coefficient (Wildman–Crippen LogP) is 4.51. The molecule has 1 aliphatic rings. The number of imidazole rings is 1. The van der Waals surface area contributed by atoms with Crippen LogP contribution in [0, 0.1) is 13.8 Å². The number of rotatable bonds is 11. The van der Waals surface area contributed by atoms with E-state index in [1.54, 1.807) is 19.2 Å². The molecular weight excluding hydrogens is 496 g/mol. The maximum Gasteiger partial charge on any atom is 0.295 e. The van der Waals surface area contributed by atoms with E-state index in [0.29, 0.717) is 48.1 Å². The summed E-state index contributed by atoms with van der Waals surface area (Å²) in [7, 11) is 5.37. The molecule has 1 unspecified atom stereocenters. The van der Waals surface area contributed by atoms with Crippen LogP contribution in [0.25, 0.3) is 11.4 Å². The molecular formula is C30H38N4O5. The van der Waals surface area contributed by atoms with Gasteiger partial charge in [0.05, 0.1) is 31.0 Å². The first kappa shape index (κ1) is 28.2. The van der Waals surface area contributed by atoms with E-state index in [4.69, 9.17) is 9.47 Å². The fourth-order valence-electron chi connectivity index (χ4n) is 4.95. The largest absolute Gasteiger partial charge is 0.505 e. The number of likely N-dealkylation sites (N-methyl/N-ethyl adjacent to an activating group) is 1. The van der Waals surface area contributed by atoms with Crippen LogP contribution < -0.4 is 9.47 Å². The zero-order valence-electron chi connectivity index (χ0n) is 23.7. The van der Waals surface area contributed by atoms with E-state index in [1.165, 1.54) is 4.90 Å². The van der Waals surface area contributed by atoms with Gasteiger partial charge in [-0.25, -0.2) is 4.98 Å². The minimum absolute atomic E-state index is 0.0154. The molecule has 4 rings (SSSR count). The second-order valence-electron chi connectivity index (χ2n) is 10.2. The molecule has 9 nitrogen and oxygen atoms in total. The van der Waals surface area contributed by atoms with E-state index in [0.717, 1.165) is 24.8 Å². The highest BCUT2D eigenvalue weighted by Crippen LogP contribution is 2.42. The number of ketones is 1. The lowest BCUT2D eigenvalue weighted by Crippen LogP contribution is -2.35. The van der Waals surface area contributed by atoms with Crippen LogP contribution in [0.15, 0.2) is 42.1 Å². The van der Waals surface area contributed by atoms with E-state index < -0.39 is 17.7 Å². The number of fused-ring (bicyclic) bond motifs is 1. The van der Waals surface area contributed by atoms with Gasteiger partial charge in [-0.2, -0.15) is 0 Å². The van der Waals surface area contributed by atoms with Crippen molar-refractivity contribution >= 4 is 23.1 Å². The third kappa shape index (κ3) is 5.49. The number of methoxy groups -OCH3 is 1. The normalized spacial score (nSPS) is 17.0. The number of pyridine rings is 1. The molecule has 0 bridgehead atoms. The number of Topliss-reactive ketones (excluding diaryl/α,β-unsaturated/α-hetero) is 1. The number of nitrogens with zero attached hydrogens (tertiary/aromatic N) is 4. The highest BCUT2D eigenvalue weighted by Gasteiger charge is 2.46. The summed E-state index contributed by atoms with van der Waals surface area (Å²) in [4.78, 5) is 34.9. The van der Waals surface area contributed by atoms with Crippen LogP contribution in [-0.2, 0) is 9.59 Å². The molecule has 208 valence electrons. The van der Waals surface area contributed by atoms with Crippen LogP contribution in [-0.4, -0.2) is 76.9 Å². The van der Waals surface area contributed by atoms with Crippen LogP contribution >= 0.6 is 0 Å². The molecule has 3 heterocycles. The summed E-state index contributed by atoms with van der Waals surface area (Å²) in [5, 5.41) is 11.6. The zero-order chi connectivity index (χ0) is 28.3. The number of ether oxygens (including phenoxy) is 2. The highest BCUT2D eigenvalue weighted by molar-refractivity contribution is 6.46. The number of carbonyl (C=O) groups is 2. The summed E-state index contributed by atoms with van der Waals surface area (Å²) in [5.74, 6) is -0.579. The number of amides is 1. The molecule has 0 aliphatic carbocycles. The number of benzene rings is 1. The third-order valence-electron chi connectivity index (χ3n) is 7.15. The van der Waals surface area contributed by atoms with Gasteiger partial charge in [-0.3, -0.25) is 9.59 Å². The number of aromatic nitrogens is 2. The molecule has 2 aromatic heterocycles. The highest BCUT2D eigenvalue weighted by atomic mass is 16.5. The van der Waals surface area contributed by atoms with Crippen LogP contribution in [0.1, 0.15) is 54.7 Å². The summed E-state index contributed by atoms with van der Waals surface area (Å²) >= 11 is 0. The molecule has 39 heavy (non-hydrogen) atoms. The van der Waals surface area contributed by atoms with Crippen molar-refractivity contribution in [2.75, 3.05) is 40.9 Å². The van der Waals surface area contributed by atoms with Crippen LogP contribution in [0.4, 0.5) is 0 Å². The number of hydrogen-bond donors (Lipinski definition) is 1. The number of hydrogen-bond acceptors (Lipinski definition) is 7. The zero-order valence-corrected chi connectivity index (χ0v) is 23.7. The summed E-state index contributed by atoms with van der Waals surface area (Å²) in [6.07, 6.45) is 4.96. The lowest BCUT2D eigenvalue weighted by molar-refractivity contribution is -0.140. The Hall–Kier alpha value is -3.85. The molecule has 1 amide bonds. The Morgan fingerprint density at radius 1 is 1.13 bits per heavy atom. The Labute approximate surface area is 229 Å². The van der Waals surface area contributed by atoms with Gasteiger partial charge in [0.15, 0.2) is 17.3 Å². The summed E-state index contributed by atoms with van der Waals surface area (Å²) < 4.78 is 13.4. The smallest absolute Gasteiger partial charge is 0.295 e. The maximum atomic E-state index is 13.5. The minimum atomic E-state index is -0.807. The number of unbranched alkanes of at least 4 members (excludes halogenated alkanes) is 2. The second-order valence-corrected chi connectivity index (χ2v) is 10.2. The van der Waals surface area contributed by atoms with Gasteiger partial charge in [0, 0.05) is 19.3 Å². The summed E-state index contributed by atoms with van der Waals surface area (Å²) in [6, 6.07) is 8.43. The van der Waals surface area contributed by atoms with Gasteiger partial charge < -0.3 is 28.8 Å². The first-order chi connectivity index (χ1) is 18.7. The van der Waals surface area contributed by atoms with E-state index in [9.17, 15) is 14.7 Å². The van der Waals surface area contributed by atoms with E-state index in [-0.39, 0.29) is 17.0 Å². The Balaban J connectivity index is 1.83. The van der Waals surface area contributed by atoms with Crippen LogP contribution in [0.2, 0.25) is 0 Å². The molecule has 1 saturated heterocycles. The van der Waals surface area contributed by atoms with E-state index in [1.807, 2.05) is 61.6 Å². The number of aliphatic hydroxyl groups excluding tert-OH is 1. The van der Waals surface area contributed by atoms with Crippen molar-refractivity contribution in [3.8, 4) is 11.5 Å². The molecule has 9 heteroatoms. The minimum Gasteiger partial charge on any atom is -0.505 e. The van der Waals surface area contributed by atoms with Gasteiger partial charge in [0.1, 0.15) is 11.3 Å². The van der Waals surface area contributed by atoms with Crippen molar-refractivity contribution in [1.82, 2.24) is 19.2 Å². The van der Waals surface area contributed by atoms with Gasteiger partial charge in [-0.05, 0) is 63.7 Å². The topological polar surface area (TPSA) is 96.6 Å². The first-order valence-corrected chi connectivity index (χ1v) is 13.4. The molecule has 1 aliphatic heterocycles. The molecule has 0 spiro atoms. The van der Waals surface area contributed by atoms with Crippen molar-refractivity contribution in [2.45, 2.75) is 46.1 Å². The van der Waals surface area contributed by atoms with Crippen molar-refractivity contribution < 1.29 is 24.2 Å².